The number of benzene rings is 1. The summed E-state index contributed by atoms with van der Waals surface area (Å²) in [4.78, 5) is 28.0. The molecule has 2 heterocycles. The van der Waals surface area contributed by atoms with Gasteiger partial charge in [0.15, 0.2) is 5.69 Å². The average Bonchev–Trinajstić information content (AvgIpc) is 3.00. The number of hydrogen-bond donors (Lipinski definition) is 1. The minimum atomic E-state index is -0.137. The topological polar surface area (TPSA) is 67.2 Å². The van der Waals surface area contributed by atoms with Crippen LogP contribution in [0.3, 0.4) is 0 Å². The molecule has 1 N–H and O–H groups in total. The predicted octanol–water partition coefficient (Wildman–Crippen LogP) is 4.56. The Morgan fingerprint density at radius 2 is 1.91 bits per heavy atom. The first-order valence-electron chi connectivity index (χ1n) is 12.0. The van der Waals surface area contributed by atoms with Crippen LogP contribution in [0.4, 0.5) is 0 Å². The van der Waals surface area contributed by atoms with Crippen LogP contribution in [-0.4, -0.2) is 46.1 Å². The van der Waals surface area contributed by atoms with E-state index >= 15 is 0 Å². The zero-order valence-corrected chi connectivity index (χ0v) is 19.7. The van der Waals surface area contributed by atoms with Crippen LogP contribution in [0, 0.1) is 5.92 Å². The van der Waals surface area contributed by atoms with Crippen molar-refractivity contribution in [2.24, 2.45) is 5.92 Å². The molecule has 32 heavy (non-hydrogen) atoms. The van der Waals surface area contributed by atoms with Crippen molar-refractivity contribution >= 4 is 23.4 Å². The molecule has 1 unspecified atom stereocenters. The normalized spacial score (nSPS) is 18.7. The number of fused-ring (bicyclic) bond motifs is 1. The van der Waals surface area contributed by atoms with Crippen LogP contribution in [-0.2, 0) is 17.6 Å². The summed E-state index contributed by atoms with van der Waals surface area (Å²) in [5, 5.41) is 8.53. The number of likely N-dealkylation sites (tertiary alicyclic amines) is 1. The van der Waals surface area contributed by atoms with Gasteiger partial charge in [-0.2, -0.15) is 5.10 Å². The Morgan fingerprint density at radius 3 is 2.69 bits per heavy atom. The highest BCUT2D eigenvalue weighted by molar-refractivity contribution is 6.30. The van der Waals surface area contributed by atoms with E-state index in [0.29, 0.717) is 30.4 Å². The van der Waals surface area contributed by atoms with E-state index in [-0.39, 0.29) is 17.7 Å². The molecule has 6 nitrogen and oxygen atoms in total. The second kappa shape index (κ2) is 10.5. The van der Waals surface area contributed by atoms with Crippen LogP contribution in [0.1, 0.15) is 73.6 Å². The number of halogens is 1. The lowest BCUT2D eigenvalue weighted by Gasteiger charge is -2.31. The second-order valence-electron chi connectivity index (χ2n) is 8.96. The van der Waals surface area contributed by atoms with Crippen LogP contribution in [0.25, 0.3) is 5.69 Å². The molecule has 1 aromatic heterocycles. The maximum absolute atomic E-state index is 13.6. The van der Waals surface area contributed by atoms with Gasteiger partial charge in [0.2, 0.25) is 5.91 Å². The molecule has 1 aliphatic carbocycles. The van der Waals surface area contributed by atoms with Crippen molar-refractivity contribution in [2.45, 2.75) is 64.7 Å². The summed E-state index contributed by atoms with van der Waals surface area (Å²) in [5.41, 5.74) is 3.71. The lowest BCUT2D eigenvalue weighted by atomic mass is 9.96. The fraction of sp³-hybridized carbons (Fsp3) is 0.560. The van der Waals surface area contributed by atoms with Crippen LogP contribution < -0.4 is 5.32 Å². The van der Waals surface area contributed by atoms with Crippen molar-refractivity contribution in [2.75, 3.05) is 19.6 Å². The predicted molar refractivity (Wildman–Crippen MR) is 126 cm³/mol. The third kappa shape index (κ3) is 5.01. The smallest absolute Gasteiger partial charge is 0.274 e. The third-order valence-electron chi connectivity index (χ3n) is 6.61. The number of nitrogens with one attached hydrogen (secondary N) is 1. The molecule has 2 aromatic rings. The van der Waals surface area contributed by atoms with E-state index in [0.717, 1.165) is 74.7 Å². The number of carbonyl (C=O) groups excluding carboxylic acids is 2. The van der Waals surface area contributed by atoms with Crippen LogP contribution in [0.15, 0.2) is 24.3 Å². The number of amides is 2. The minimum absolute atomic E-state index is 0.0399. The number of nitrogens with zero attached hydrogens (tertiary/aromatic N) is 3. The van der Waals surface area contributed by atoms with Gasteiger partial charge in [-0.1, -0.05) is 31.4 Å². The third-order valence-corrected chi connectivity index (χ3v) is 6.86. The van der Waals surface area contributed by atoms with Gasteiger partial charge in [-0.15, -0.1) is 0 Å². The number of rotatable bonds is 6. The molecular formula is C25H33ClN4O2. The summed E-state index contributed by atoms with van der Waals surface area (Å²) in [6.07, 6.45) is 8.83. The van der Waals surface area contributed by atoms with Crippen molar-refractivity contribution < 1.29 is 9.59 Å². The molecule has 1 atom stereocenters. The highest BCUT2D eigenvalue weighted by Gasteiger charge is 2.32. The highest BCUT2D eigenvalue weighted by Crippen LogP contribution is 2.29. The zero-order chi connectivity index (χ0) is 22.5. The quantitative estimate of drug-likeness (QED) is 0.511. The molecule has 0 radical (unpaired) electrons. The first kappa shape index (κ1) is 22.8. The van der Waals surface area contributed by atoms with Crippen molar-refractivity contribution in [3.8, 4) is 5.69 Å². The zero-order valence-electron chi connectivity index (χ0n) is 18.9. The highest BCUT2D eigenvalue weighted by atomic mass is 35.5. The summed E-state index contributed by atoms with van der Waals surface area (Å²) >= 11 is 6.08. The first-order chi connectivity index (χ1) is 15.6. The molecule has 0 bridgehead atoms. The van der Waals surface area contributed by atoms with E-state index in [1.807, 2.05) is 33.8 Å². The Labute approximate surface area is 195 Å². The second-order valence-corrected chi connectivity index (χ2v) is 9.39. The Bertz CT molecular complexity index is 954. The van der Waals surface area contributed by atoms with Crippen molar-refractivity contribution in [3.05, 3.63) is 46.2 Å². The van der Waals surface area contributed by atoms with Gasteiger partial charge in [0.05, 0.1) is 11.6 Å². The number of aromatic nitrogens is 2. The van der Waals surface area contributed by atoms with Crippen LogP contribution in [0.5, 0.6) is 0 Å². The molecule has 4 rings (SSSR count). The van der Waals surface area contributed by atoms with Gasteiger partial charge >= 0.3 is 0 Å². The van der Waals surface area contributed by atoms with E-state index in [9.17, 15) is 9.59 Å². The molecule has 1 saturated heterocycles. The van der Waals surface area contributed by atoms with Gasteiger partial charge in [0.25, 0.3) is 5.91 Å². The summed E-state index contributed by atoms with van der Waals surface area (Å²) < 4.78 is 1.93. The Morgan fingerprint density at radius 1 is 1.12 bits per heavy atom. The van der Waals surface area contributed by atoms with E-state index < -0.39 is 0 Å². The van der Waals surface area contributed by atoms with Crippen LogP contribution >= 0.6 is 11.6 Å². The molecule has 172 valence electrons. The van der Waals surface area contributed by atoms with E-state index in [1.54, 1.807) is 0 Å². The monoisotopic (exact) mass is 456 g/mol. The molecule has 0 spiro atoms. The number of piperidine rings is 1. The molecule has 1 aliphatic heterocycles. The molecule has 1 fully saturated rings. The van der Waals surface area contributed by atoms with Crippen LogP contribution in [0.2, 0.25) is 5.02 Å². The summed E-state index contributed by atoms with van der Waals surface area (Å²) in [6.45, 7) is 3.97. The van der Waals surface area contributed by atoms with E-state index in [2.05, 4.69) is 12.2 Å². The maximum Gasteiger partial charge on any atom is 0.274 e. The summed E-state index contributed by atoms with van der Waals surface area (Å²) in [7, 11) is 0. The van der Waals surface area contributed by atoms with E-state index in [1.165, 1.54) is 0 Å². The summed E-state index contributed by atoms with van der Waals surface area (Å²) in [5.74, 6) is -0.107. The van der Waals surface area contributed by atoms with Gasteiger partial charge in [0.1, 0.15) is 0 Å². The fourth-order valence-corrected chi connectivity index (χ4v) is 4.93. The molecule has 2 amide bonds. The van der Waals surface area contributed by atoms with Crippen molar-refractivity contribution in [1.82, 2.24) is 20.0 Å². The largest absolute Gasteiger partial charge is 0.356 e. The lowest BCUT2D eigenvalue weighted by Crippen LogP contribution is -2.45. The molecule has 2 aliphatic rings. The average molecular weight is 457 g/mol. The Hall–Kier alpha value is -2.34. The molecule has 7 heteroatoms. The fourth-order valence-electron chi connectivity index (χ4n) is 4.80. The van der Waals surface area contributed by atoms with Gasteiger partial charge in [-0.25, -0.2) is 4.68 Å². The summed E-state index contributed by atoms with van der Waals surface area (Å²) in [6, 6.07) is 7.61. The SMILES string of the molecule is CCCCNC(=O)C1CCCN(C(=O)c2nn(-c3ccc(Cl)cc3)c3c2CCCCC3)C1. The van der Waals surface area contributed by atoms with Crippen molar-refractivity contribution in [1.29, 1.82) is 0 Å². The number of hydrogen-bond acceptors (Lipinski definition) is 3. The van der Waals surface area contributed by atoms with Gasteiger partial charge in [0, 0.05) is 35.9 Å². The maximum atomic E-state index is 13.6. The van der Waals surface area contributed by atoms with Gasteiger partial charge < -0.3 is 10.2 Å². The lowest BCUT2D eigenvalue weighted by molar-refractivity contribution is -0.126. The van der Waals surface area contributed by atoms with E-state index in [4.69, 9.17) is 16.7 Å². The van der Waals surface area contributed by atoms with Gasteiger partial charge in [-0.3, -0.25) is 9.59 Å². The Balaban J connectivity index is 1.58. The minimum Gasteiger partial charge on any atom is -0.356 e. The Kier molecular flexibility index (Phi) is 7.51. The van der Waals surface area contributed by atoms with Crippen molar-refractivity contribution in [3.63, 3.8) is 0 Å². The molecule has 0 saturated carbocycles. The standard InChI is InChI=1S/C25H33ClN4O2/c1-2-3-15-27-24(31)18-8-7-16-29(17-18)25(32)23-21-9-5-4-6-10-22(21)30(28-23)20-13-11-19(26)12-14-20/h11-14,18H,2-10,15-17H2,1H3,(H,27,31). The number of unbranched alkanes of at least 4 members (excludes halogenated alkanes) is 1. The number of carbonyl (C=O) groups is 2. The molecular weight excluding hydrogens is 424 g/mol. The first-order valence-corrected chi connectivity index (χ1v) is 12.4. The van der Waals surface area contributed by atoms with Gasteiger partial charge in [-0.05, 0) is 69.2 Å². The molecule has 1 aromatic carbocycles.